The van der Waals surface area contributed by atoms with Crippen molar-refractivity contribution in [2.75, 3.05) is 5.73 Å². The van der Waals surface area contributed by atoms with Crippen molar-refractivity contribution in [3.8, 4) is 0 Å². The molecule has 0 radical (unpaired) electrons. The summed E-state index contributed by atoms with van der Waals surface area (Å²) in [6.45, 7) is 0. The Morgan fingerprint density at radius 2 is 1.56 bits per heavy atom. The highest BCUT2D eigenvalue weighted by Gasteiger charge is 2.13. The zero-order valence-electron chi connectivity index (χ0n) is 8.53. The van der Waals surface area contributed by atoms with Gasteiger partial charge in [-0.3, -0.25) is 0 Å². The van der Waals surface area contributed by atoms with Crippen molar-refractivity contribution in [1.29, 1.82) is 0 Å². The van der Waals surface area contributed by atoms with Gasteiger partial charge in [0.1, 0.15) is 5.58 Å². The third kappa shape index (κ3) is 0.784. The molecular formula is C14H9NO. The average Bonchev–Trinajstić information content (AvgIpc) is 2.70. The molecular weight excluding hydrogens is 198 g/mol. The van der Waals surface area contributed by atoms with Crippen molar-refractivity contribution in [2.45, 2.75) is 0 Å². The van der Waals surface area contributed by atoms with E-state index in [0.717, 1.165) is 16.6 Å². The van der Waals surface area contributed by atoms with Crippen molar-refractivity contribution in [3.05, 3.63) is 42.5 Å². The van der Waals surface area contributed by atoms with Gasteiger partial charge in [-0.1, -0.05) is 30.3 Å². The molecule has 1 aromatic heterocycles. The van der Waals surface area contributed by atoms with E-state index in [2.05, 4.69) is 18.2 Å². The molecule has 2 N–H and O–H groups in total. The third-order valence-corrected chi connectivity index (χ3v) is 3.18. The molecule has 0 aliphatic rings. The molecule has 4 aromatic rings. The molecule has 0 spiro atoms. The lowest BCUT2D eigenvalue weighted by atomic mass is 10.0. The molecule has 0 fully saturated rings. The Morgan fingerprint density at radius 3 is 2.44 bits per heavy atom. The summed E-state index contributed by atoms with van der Waals surface area (Å²) in [6.07, 6.45) is 0. The first kappa shape index (κ1) is 7.99. The first-order valence-electron chi connectivity index (χ1n) is 5.26. The largest absolute Gasteiger partial charge is 0.454 e. The van der Waals surface area contributed by atoms with Crippen LogP contribution in [-0.2, 0) is 0 Å². The van der Waals surface area contributed by atoms with Gasteiger partial charge in [-0.25, -0.2) is 0 Å². The number of furan rings is 1. The third-order valence-electron chi connectivity index (χ3n) is 3.18. The summed E-state index contributed by atoms with van der Waals surface area (Å²) in [5, 5.41) is 4.71. The molecule has 4 rings (SSSR count). The fourth-order valence-corrected chi connectivity index (χ4v) is 2.45. The van der Waals surface area contributed by atoms with Crippen LogP contribution in [0.5, 0.6) is 0 Å². The normalized spacial score (nSPS) is 12.0. The van der Waals surface area contributed by atoms with Crippen LogP contribution in [0.1, 0.15) is 0 Å². The zero-order chi connectivity index (χ0) is 10.7. The van der Waals surface area contributed by atoms with Gasteiger partial charge < -0.3 is 10.2 Å². The van der Waals surface area contributed by atoms with Gasteiger partial charge in [-0.2, -0.15) is 0 Å². The lowest BCUT2D eigenvalue weighted by Crippen LogP contribution is -1.84. The van der Waals surface area contributed by atoms with Crippen LogP contribution < -0.4 is 5.73 Å². The molecule has 3 aromatic carbocycles. The molecule has 0 saturated heterocycles. The van der Waals surface area contributed by atoms with E-state index >= 15 is 0 Å². The van der Waals surface area contributed by atoms with Gasteiger partial charge in [0.25, 0.3) is 0 Å². The molecule has 2 nitrogen and oxygen atoms in total. The van der Waals surface area contributed by atoms with Gasteiger partial charge in [-0.05, 0) is 22.9 Å². The number of nitrogen functional groups attached to an aromatic ring is 1. The molecule has 0 atom stereocenters. The summed E-state index contributed by atoms with van der Waals surface area (Å²) in [5.41, 5.74) is 8.37. The smallest absolute Gasteiger partial charge is 0.158 e. The number of anilines is 1. The highest BCUT2D eigenvalue weighted by molar-refractivity contribution is 6.23. The Balaban J connectivity index is 2.51. The van der Waals surface area contributed by atoms with Crippen molar-refractivity contribution < 1.29 is 4.42 Å². The summed E-state index contributed by atoms with van der Waals surface area (Å²) in [4.78, 5) is 0. The maximum absolute atomic E-state index is 5.95. The molecule has 1 heterocycles. The number of hydrogen-bond donors (Lipinski definition) is 1. The fraction of sp³-hybridized carbons (Fsp3) is 0. The molecule has 0 amide bonds. The molecule has 2 heteroatoms. The Kier molecular flexibility index (Phi) is 1.24. The van der Waals surface area contributed by atoms with Crippen molar-refractivity contribution in [3.63, 3.8) is 0 Å². The first-order valence-corrected chi connectivity index (χ1v) is 5.26. The number of benzene rings is 3. The van der Waals surface area contributed by atoms with E-state index in [1.807, 2.05) is 24.3 Å². The number of hydrogen-bond acceptors (Lipinski definition) is 2. The highest BCUT2D eigenvalue weighted by atomic mass is 16.3. The van der Waals surface area contributed by atoms with Crippen molar-refractivity contribution >= 4 is 38.4 Å². The van der Waals surface area contributed by atoms with E-state index in [4.69, 9.17) is 10.2 Å². The second-order valence-electron chi connectivity index (χ2n) is 4.10. The topological polar surface area (TPSA) is 39.2 Å². The van der Waals surface area contributed by atoms with Crippen molar-refractivity contribution in [1.82, 2.24) is 0 Å². The van der Waals surface area contributed by atoms with Crippen LogP contribution >= 0.6 is 0 Å². The molecule has 16 heavy (non-hydrogen) atoms. The van der Waals surface area contributed by atoms with Gasteiger partial charge in [0.2, 0.25) is 0 Å². The van der Waals surface area contributed by atoms with Gasteiger partial charge in [0.15, 0.2) is 5.58 Å². The minimum atomic E-state index is 0.705. The summed E-state index contributed by atoms with van der Waals surface area (Å²) < 4.78 is 5.82. The Morgan fingerprint density at radius 1 is 0.812 bits per heavy atom. The van der Waals surface area contributed by atoms with E-state index in [1.54, 1.807) is 0 Å². The Labute approximate surface area is 91.6 Å². The summed E-state index contributed by atoms with van der Waals surface area (Å²) in [5.74, 6) is 0. The van der Waals surface area contributed by atoms with Crippen LogP contribution in [0.25, 0.3) is 32.7 Å². The number of rotatable bonds is 0. The number of nitrogens with two attached hydrogens (primary N) is 1. The van der Waals surface area contributed by atoms with Crippen LogP contribution in [0.2, 0.25) is 0 Å². The maximum Gasteiger partial charge on any atom is 0.158 e. The van der Waals surface area contributed by atoms with Gasteiger partial charge in [0.05, 0.1) is 5.69 Å². The average molecular weight is 207 g/mol. The maximum atomic E-state index is 5.95. The predicted octanol–water partition coefficient (Wildman–Crippen LogP) is 3.76. The molecule has 76 valence electrons. The van der Waals surface area contributed by atoms with Crippen LogP contribution in [0.4, 0.5) is 5.69 Å². The lowest BCUT2D eigenvalue weighted by Gasteiger charge is -2.00. The first-order chi connectivity index (χ1) is 7.84. The second-order valence-corrected chi connectivity index (χ2v) is 4.10. The van der Waals surface area contributed by atoms with Gasteiger partial charge in [0, 0.05) is 10.8 Å². The van der Waals surface area contributed by atoms with Gasteiger partial charge >= 0.3 is 0 Å². The molecule has 0 saturated carbocycles. The quantitative estimate of drug-likeness (QED) is 0.352. The van der Waals surface area contributed by atoms with E-state index in [9.17, 15) is 0 Å². The van der Waals surface area contributed by atoms with Crippen LogP contribution in [0.3, 0.4) is 0 Å². The lowest BCUT2D eigenvalue weighted by molar-refractivity contribution is 0.671. The molecule has 0 aliphatic carbocycles. The standard InChI is InChI=1S/C14H9NO/c15-10-7-6-9-5-4-8-2-1-3-11-12(8)13(9)14(10)16-11/h1-7H,15H2. The molecule has 0 bridgehead atoms. The summed E-state index contributed by atoms with van der Waals surface area (Å²) >= 11 is 0. The van der Waals surface area contributed by atoms with Crippen molar-refractivity contribution in [2.24, 2.45) is 0 Å². The minimum Gasteiger partial charge on any atom is -0.454 e. The molecule has 0 unspecified atom stereocenters. The molecule has 0 aliphatic heterocycles. The van der Waals surface area contributed by atoms with E-state index < -0.39 is 0 Å². The van der Waals surface area contributed by atoms with Crippen LogP contribution in [0, 0.1) is 0 Å². The Hall–Kier alpha value is -2.22. The fourth-order valence-electron chi connectivity index (χ4n) is 2.45. The highest BCUT2D eigenvalue weighted by Crippen LogP contribution is 2.38. The Bertz CT molecular complexity index is 813. The van der Waals surface area contributed by atoms with Crippen LogP contribution in [0.15, 0.2) is 46.9 Å². The van der Waals surface area contributed by atoms with E-state index in [1.165, 1.54) is 16.2 Å². The van der Waals surface area contributed by atoms with Crippen LogP contribution in [-0.4, -0.2) is 0 Å². The minimum absolute atomic E-state index is 0.705. The summed E-state index contributed by atoms with van der Waals surface area (Å²) in [7, 11) is 0. The zero-order valence-corrected chi connectivity index (χ0v) is 8.53. The summed E-state index contributed by atoms with van der Waals surface area (Å²) in [6, 6.07) is 14.3. The van der Waals surface area contributed by atoms with Gasteiger partial charge in [-0.15, -0.1) is 0 Å². The second kappa shape index (κ2) is 2.47. The van der Waals surface area contributed by atoms with E-state index in [0.29, 0.717) is 5.69 Å². The SMILES string of the molecule is Nc1ccc2ccc3cccc4oc1c2c34. The predicted molar refractivity (Wildman–Crippen MR) is 66.8 cm³/mol. The van der Waals surface area contributed by atoms with E-state index in [-0.39, 0.29) is 0 Å². The monoisotopic (exact) mass is 207 g/mol.